The van der Waals surface area contributed by atoms with Gasteiger partial charge in [-0.15, -0.1) is 0 Å². The zero-order valence-electron chi connectivity index (χ0n) is 20.8. The van der Waals surface area contributed by atoms with Gasteiger partial charge in [0.1, 0.15) is 12.4 Å². The summed E-state index contributed by atoms with van der Waals surface area (Å²) in [5, 5.41) is 13.6. The summed E-state index contributed by atoms with van der Waals surface area (Å²) in [6.45, 7) is 6.22. The molecule has 2 aromatic heterocycles. The Bertz CT molecular complexity index is 986. The summed E-state index contributed by atoms with van der Waals surface area (Å²) in [5.41, 5.74) is 1.92. The largest absolute Gasteiger partial charge is 0.489 e. The number of amides is 1. The van der Waals surface area contributed by atoms with Crippen LogP contribution < -0.4 is 4.74 Å². The van der Waals surface area contributed by atoms with Crippen LogP contribution in [0.1, 0.15) is 65.0 Å². The molecule has 34 heavy (non-hydrogen) atoms. The lowest BCUT2D eigenvalue weighted by Crippen LogP contribution is -2.45. The van der Waals surface area contributed by atoms with Gasteiger partial charge >= 0.3 is 12.1 Å². The third-order valence-corrected chi connectivity index (χ3v) is 6.73. The van der Waals surface area contributed by atoms with Gasteiger partial charge < -0.3 is 19.5 Å². The lowest BCUT2D eigenvalue weighted by Gasteiger charge is -2.34. The van der Waals surface area contributed by atoms with Crippen molar-refractivity contribution >= 4 is 12.1 Å². The van der Waals surface area contributed by atoms with E-state index in [1.54, 1.807) is 36.1 Å². The number of aliphatic carboxylic acids is 1. The molecule has 1 fully saturated rings. The Hall–Kier alpha value is -3.10. The van der Waals surface area contributed by atoms with Gasteiger partial charge in [0.05, 0.1) is 35.8 Å². The van der Waals surface area contributed by atoms with Gasteiger partial charge in [0.25, 0.3) is 0 Å². The Morgan fingerprint density at radius 3 is 2.68 bits per heavy atom. The third kappa shape index (κ3) is 6.07. The number of carbonyl (C=O) groups is 2. The van der Waals surface area contributed by atoms with Crippen molar-refractivity contribution in [2.45, 2.75) is 77.5 Å². The van der Waals surface area contributed by atoms with Crippen molar-refractivity contribution in [2.24, 2.45) is 13.0 Å². The summed E-state index contributed by atoms with van der Waals surface area (Å²) in [5.74, 6) is -0.499. The molecule has 0 aromatic carbocycles. The van der Waals surface area contributed by atoms with Gasteiger partial charge in [0.2, 0.25) is 0 Å². The average Bonchev–Trinajstić information content (AvgIpc) is 3.17. The highest BCUT2D eigenvalue weighted by Crippen LogP contribution is 2.29. The summed E-state index contributed by atoms with van der Waals surface area (Å²) in [6.07, 6.45) is 7.60. The van der Waals surface area contributed by atoms with E-state index in [9.17, 15) is 14.7 Å². The number of aromatic nitrogens is 3. The summed E-state index contributed by atoms with van der Waals surface area (Å²) in [6, 6.07) is 3.67. The van der Waals surface area contributed by atoms with Crippen LogP contribution in [0.5, 0.6) is 5.75 Å². The van der Waals surface area contributed by atoms with Gasteiger partial charge in [-0.25, -0.2) is 4.79 Å². The monoisotopic (exact) mass is 472 g/mol. The van der Waals surface area contributed by atoms with Crippen molar-refractivity contribution in [1.82, 2.24) is 19.7 Å². The first-order valence-electron chi connectivity index (χ1n) is 11.9. The number of hydrogen-bond donors (Lipinski definition) is 1. The van der Waals surface area contributed by atoms with Crippen molar-refractivity contribution in [3.63, 3.8) is 0 Å². The average molecular weight is 473 g/mol. The van der Waals surface area contributed by atoms with Gasteiger partial charge in [-0.3, -0.25) is 14.5 Å². The van der Waals surface area contributed by atoms with Gasteiger partial charge in [-0.05, 0) is 58.1 Å². The number of rotatable bonds is 9. The van der Waals surface area contributed by atoms with E-state index in [2.05, 4.69) is 17.0 Å². The normalized spacial score (nSPS) is 18.4. The third-order valence-electron chi connectivity index (χ3n) is 6.73. The minimum Gasteiger partial charge on any atom is -0.489 e. The Kier molecular flexibility index (Phi) is 8.17. The van der Waals surface area contributed by atoms with Crippen molar-refractivity contribution in [3.8, 4) is 17.0 Å². The van der Waals surface area contributed by atoms with E-state index >= 15 is 0 Å². The van der Waals surface area contributed by atoms with Crippen LogP contribution in [-0.4, -0.2) is 55.5 Å². The van der Waals surface area contributed by atoms with E-state index in [0.717, 1.165) is 36.9 Å². The maximum atomic E-state index is 12.6. The molecule has 9 nitrogen and oxygen atoms in total. The Morgan fingerprint density at radius 1 is 1.26 bits per heavy atom. The SMILES string of the molecule is CCCC(C)(C)N(C)C(=O)OCc1c(-c2ccc(O[C@H]3CCCC(C(=O)O)C3)cn2)cnn1C. The zero-order chi connectivity index (χ0) is 24.9. The van der Waals surface area contributed by atoms with Gasteiger partial charge in [0, 0.05) is 25.2 Å². The van der Waals surface area contributed by atoms with Crippen LogP contribution in [0, 0.1) is 5.92 Å². The number of pyridine rings is 1. The number of hydrogen-bond acceptors (Lipinski definition) is 6. The highest BCUT2D eigenvalue weighted by atomic mass is 16.6. The number of carboxylic acid groups (broad SMARTS) is 1. The number of carboxylic acids is 1. The number of ether oxygens (including phenoxy) is 2. The van der Waals surface area contributed by atoms with Gasteiger partial charge in [0.15, 0.2) is 0 Å². The molecule has 0 saturated heterocycles. The fraction of sp³-hybridized carbons (Fsp3) is 0.600. The summed E-state index contributed by atoms with van der Waals surface area (Å²) < 4.78 is 13.3. The molecule has 9 heteroatoms. The predicted octanol–water partition coefficient (Wildman–Crippen LogP) is 4.65. The number of nitrogens with zero attached hydrogens (tertiary/aromatic N) is 4. The van der Waals surface area contributed by atoms with Crippen LogP contribution in [0.15, 0.2) is 24.5 Å². The standard InChI is InChI=1S/C25H36N4O5/c1-6-12-25(2,3)28(4)24(32)33-16-22-20(15-27-29(22)5)21-11-10-19(14-26-21)34-18-9-7-8-17(13-18)23(30)31/h10-11,14-15,17-18H,6-9,12-13,16H2,1-5H3,(H,30,31)/t17?,18-/m0/s1. The lowest BCUT2D eigenvalue weighted by atomic mass is 9.87. The number of carbonyl (C=O) groups excluding carboxylic acids is 1. The quantitative estimate of drug-likeness (QED) is 0.566. The second-order valence-corrected chi connectivity index (χ2v) is 9.63. The molecule has 1 saturated carbocycles. The molecule has 2 heterocycles. The summed E-state index contributed by atoms with van der Waals surface area (Å²) in [7, 11) is 3.56. The van der Waals surface area contributed by atoms with Crippen LogP contribution in [0.25, 0.3) is 11.3 Å². The van der Waals surface area contributed by atoms with Crippen molar-refractivity contribution in [1.29, 1.82) is 0 Å². The molecule has 1 aliphatic carbocycles. The molecule has 2 aromatic rings. The molecular weight excluding hydrogens is 436 g/mol. The first-order chi connectivity index (χ1) is 16.1. The summed E-state index contributed by atoms with van der Waals surface area (Å²) in [4.78, 5) is 30.1. The predicted molar refractivity (Wildman–Crippen MR) is 127 cm³/mol. The highest BCUT2D eigenvalue weighted by Gasteiger charge is 2.29. The molecule has 1 aliphatic rings. The first kappa shape index (κ1) is 25.5. The van der Waals surface area contributed by atoms with Crippen molar-refractivity contribution in [2.75, 3.05) is 7.05 Å². The zero-order valence-corrected chi connectivity index (χ0v) is 20.8. The maximum Gasteiger partial charge on any atom is 0.410 e. The molecule has 0 aliphatic heterocycles. The molecule has 1 unspecified atom stereocenters. The molecule has 0 spiro atoms. The van der Waals surface area contributed by atoms with E-state index in [4.69, 9.17) is 9.47 Å². The molecule has 0 bridgehead atoms. The Balaban J connectivity index is 1.65. The maximum absolute atomic E-state index is 12.6. The first-order valence-corrected chi connectivity index (χ1v) is 11.9. The van der Waals surface area contributed by atoms with Crippen LogP contribution in [0.3, 0.4) is 0 Å². The second kappa shape index (κ2) is 10.9. The fourth-order valence-corrected chi connectivity index (χ4v) is 4.38. The van der Waals surface area contributed by atoms with E-state index < -0.39 is 5.97 Å². The van der Waals surface area contributed by atoms with E-state index in [1.807, 2.05) is 26.0 Å². The minimum atomic E-state index is -0.758. The molecule has 0 radical (unpaired) electrons. The lowest BCUT2D eigenvalue weighted by molar-refractivity contribution is -0.143. The molecule has 1 amide bonds. The van der Waals surface area contributed by atoms with Crippen LogP contribution in [-0.2, 0) is 23.2 Å². The number of aryl methyl sites for hydroxylation is 1. The fourth-order valence-electron chi connectivity index (χ4n) is 4.38. The van der Waals surface area contributed by atoms with E-state index in [0.29, 0.717) is 24.3 Å². The molecule has 186 valence electrons. The highest BCUT2D eigenvalue weighted by molar-refractivity contribution is 5.70. The van der Waals surface area contributed by atoms with Crippen LogP contribution >= 0.6 is 0 Å². The topological polar surface area (TPSA) is 107 Å². The summed E-state index contributed by atoms with van der Waals surface area (Å²) >= 11 is 0. The molecule has 1 N–H and O–H groups in total. The van der Waals surface area contributed by atoms with E-state index in [-0.39, 0.29) is 30.3 Å². The van der Waals surface area contributed by atoms with Gasteiger partial charge in [-0.1, -0.05) is 13.3 Å². The van der Waals surface area contributed by atoms with Crippen molar-refractivity contribution < 1.29 is 24.2 Å². The van der Waals surface area contributed by atoms with Crippen LogP contribution in [0.2, 0.25) is 0 Å². The Morgan fingerprint density at radius 2 is 2.03 bits per heavy atom. The molecular formula is C25H36N4O5. The molecule has 2 atom stereocenters. The smallest absolute Gasteiger partial charge is 0.410 e. The Labute approximate surface area is 201 Å². The molecule has 3 rings (SSSR count). The second-order valence-electron chi connectivity index (χ2n) is 9.63. The van der Waals surface area contributed by atoms with Crippen LogP contribution in [0.4, 0.5) is 4.79 Å². The van der Waals surface area contributed by atoms with Gasteiger partial charge in [-0.2, -0.15) is 5.10 Å². The van der Waals surface area contributed by atoms with Crippen molar-refractivity contribution in [3.05, 3.63) is 30.2 Å². The minimum absolute atomic E-state index is 0.0792. The van der Waals surface area contributed by atoms with E-state index in [1.165, 1.54) is 0 Å².